The minimum absolute atomic E-state index is 0.0150. The number of rotatable bonds is 5. The van der Waals surface area contributed by atoms with Crippen LogP contribution in [0.3, 0.4) is 0 Å². The van der Waals surface area contributed by atoms with Gasteiger partial charge in [0.1, 0.15) is 16.5 Å². The highest BCUT2D eigenvalue weighted by Gasteiger charge is 2.24. The number of halogens is 1. The number of amides is 1. The Morgan fingerprint density at radius 1 is 1.27 bits per heavy atom. The fourth-order valence-corrected chi connectivity index (χ4v) is 3.78. The number of fused-ring (bicyclic) bond motifs is 1. The number of esters is 1. The highest BCUT2D eigenvalue weighted by Crippen LogP contribution is 2.31. The number of hydrogen-bond acceptors (Lipinski definition) is 7. The van der Waals surface area contributed by atoms with E-state index in [2.05, 4.69) is 10.4 Å². The Hall–Kier alpha value is -3.79. The van der Waals surface area contributed by atoms with Gasteiger partial charge in [-0.15, -0.1) is 11.3 Å². The average Bonchev–Trinajstić information content (AvgIpc) is 3.40. The third-order valence-electron chi connectivity index (χ3n) is 4.17. The van der Waals surface area contributed by atoms with Gasteiger partial charge in [0, 0.05) is 10.8 Å². The lowest BCUT2D eigenvalue weighted by Gasteiger charge is -2.10. The number of thiophene rings is 1. The van der Waals surface area contributed by atoms with Crippen LogP contribution in [-0.4, -0.2) is 28.3 Å². The molecule has 10 heteroatoms. The fourth-order valence-electron chi connectivity index (χ4n) is 2.85. The summed E-state index contributed by atoms with van der Waals surface area (Å²) in [6.45, 7) is 1.72. The summed E-state index contributed by atoms with van der Waals surface area (Å²) >= 11 is 1.03. The third kappa shape index (κ3) is 3.37. The second-order valence-corrected chi connectivity index (χ2v) is 6.90. The molecule has 0 saturated carbocycles. The Labute approximate surface area is 172 Å². The molecule has 0 aliphatic carbocycles. The topological polar surface area (TPSA) is 103 Å². The molecule has 0 fully saturated rings. The maximum atomic E-state index is 14.4. The zero-order valence-corrected chi connectivity index (χ0v) is 16.4. The van der Waals surface area contributed by atoms with Gasteiger partial charge in [0.2, 0.25) is 0 Å². The van der Waals surface area contributed by atoms with Gasteiger partial charge in [0.25, 0.3) is 11.5 Å². The van der Waals surface area contributed by atoms with Crippen LogP contribution in [0, 0.1) is 5.82 Å². The van der Waals surface area contributed by atoms with Crippen LogP contribution < -0.4 is 10.9 Å². The number of anilines is 1. The van der Waals surface area contributed by atoms with Gasteiger partial charge in [-0.2, -0.15) is 9.78 Å². The normalized spacial score (nSPS) is 10.9. The monoisotopic (exact) mass is 427 g/mol. The van der Waals surface area contributed by atoms with E-state index in [0.29, 0.717) is 0 Å². The van der Waals surface area contributed by atoms with E-state index in [1.807, 2.05) is 0 Å². The average molecular weight is 427 g/mol. The zero-order chi connectivity index (χ0) is 21.3. The number of furan rings is 1. The molecule has 1 N–H and O–H groups in total. The fraction of sp³-hybridized carbons (Fsp3) is 0.100. The predicted octanol–water partition coefficient (Wildman–Crippen LogP) is 3.61. The van der Waals surface area contributed by atoms with Crippen LogP contribution in [0.4, 0.5) is 9.39 Å². The molecule has 30 heavy (non-hydrogen) atoms. The Morgan fingerprint density at radius 3 is 2.77 bits per heavy atom. The van der Waals surface area contributed by atoms with Crippen molar-refractivity contribution in [1.29, 1.82) is 0 Å². The van der Waals surface area contributed by atoms with Gasteiger partial charge in [-0.3, -0.25) is 9.59 Å². The number of hydrogen-bond donors (Lipinski definition) is 1. The molecule has 4 rings (SSSR count). The van der Waals surface area contributed by atoms with E-state index >= 15 is 0 Å². The van der Waals surface area contributed by atoms with Gasteiger partial charge < -0.3 is 14.5 Å². The van der Waals surface area contributed by atoms with Crippen LogP contribution >= 0.6 is 11.3 Å². The van der Waals surface area contributed by atoms with Crippen molar-refractivity contribution < 1.29 is 23.1 Å². The number of carbonyl (C=O) groups excluding carboxylic acids is 2. The second kappa shape index (κ2) is 7.91. The highest BCUT2D eigenvalue weighted by molar-refractivity contribution is 7.16. The van der Waals surface area contributed by atoms with E-state index < -0.39 is 23.3 Å². The lowest BCUT2D eigenvalue weighted by atomic mass is 10.2. The van der Waals surface area contributed by atoms with Crippen LogP contribution in [0.1, 0.15) is 28.0 Å². The third-order valence-corrected chi connectivity index (χ3v) is 5.07. The van der Waals surface area contributed by atoms with Crippen molar-refractivity contribution in [2.45, 2.75) is 6.92 Å². The lowest BCUT2D eigenvalue weighted by molar-refractivity contribution is 0.0519. The molecule has 1 aromatic carbocycles. The highest BCUT2D eigenvalue weighted by atomic mass is 32.1. The van der Waals surface area contributed by atoms with Crippen LogP contribution in [0.25, 0.3) is 16.5 Å². The molecule has 0 spiro atoms. The van der Waals surface area contributed by atoms with Gasteiger partial charge in [-0.1, -0.05) is 12.1 Å². The minimum Gasteiger partial charge on any atom is -0.461 e. The Bertz CT molecular complexity index is 1310. The summed E-state index contributed by atoms with van der Waals surface area (Å²) in [5.74, 6) is -1.99. The van der Waals surface area contributed by atoms with Crippen LogP contribution in [0.15, 0.2) is 57.3 Å². The van der Waals surface area contributed by atoms with Gasteiger partial charge >= 0.3 is 5.97 Å². The summed E-state index contributed by atoms with van der Waals surface area (Å²) in [7, 11) is 0. The van der Waals surface area contributed by atoms with Gasteiger partial charge in [0.05, 0.1) is 18.3 Å². The van der Waals surface area contributed by atoms with Gasteiger partial charge in [-0.05, 0) is 31.2 Å². The quantitative estimate of drug-likeness (QED) is 0.488. The van der Waals surface area contributed by atoms with Crippen molar-refractivity contribution in [3.63, 3.8) is 0 Å². The minimum atomic E-state index is -0.769. The summed E-state index contributed by atoms with van der Waals surface area (Å²) in [5.41, 5.74) is -0.993. The molecule has 152 valence electrons. The number of ether oxygens (including phenoxy) is 1. The first kappa shape index (κ1) is 19.5. The molecule has 0 radical (unpaired) electrons. The van der Waals surface area contributed by atoms with Gasteiger partial charge in [0.15, 0.2) is 11.5 Å². The van der Waals surface area contributed by atoms with E-state index in [0.717, 1.165) is 16.0 Å². The van der Waals surface area contributed by atoms with E-state index in [4.69, 9.17) is 9.15 Å². The number of para-hydroxylation sites is 1. The van der Waals surface area contributed by atoms with Gasteiger partial charge in [-0.25, -0.2) is 9.18 Å². The summed E-state index contributed by atoms with van der Waals surface area (Å²) in [5, 5.41) is 8.56. The van der Waals surface area contributed by atoms with Crippen molar-refractivity contribution >= 4 is 39.0 Å². The first-order chi connectivity index (χ1) is 14.5. The Morgan fingerprint density at radius 2 is 2.07 bits per heavy atom. The molecule has 3 heterocycles. The van der Waals surface area contributed by atoms with Crippen LogP contribution in [0.2, 0.25) is 0 Å². The van der Waals surface area contributed by atoms with Crippen molar-refractivity contribution in [2.24, 2.45) is 0 Å². The standard InChI is InChI=1S/C20H14FN3O5S/c1-2-28-20(27)16-11-10-30-18(22-17(25)14-8-5-9-29-14)15(11)19(26)24(23-16)13-7-4-3-6-12(13)21/h3-10H,2H2,1H3,(H,22,25). The summed E-state index contributed by atoms with van der Waals surface area (Å²) < 4.78 is 25.3. The lowest BCUT2D eigenvalue weighted by Crippen LogP contribution is -2.26. The Kier molecular flexibility index (Phi) is 5.15. The molecular formula is C20H14FN3O5S. The van der Waals surface area contributed by atoms with Crippen molar-refractivity contribution in [2.75, 3.05) is 11.9 Å². The Balaban J connectivity index is 1.94. The number of nitrogens with one attached hydrogen (secondary N) is 1. The summed E-state index contributed by atoms with van der Waals surface area (Å²) in [6, 6.07) is 8.55. The first-order valence-corrected chi connectivity index (χ1v) is 9.70. The smallest absolute Gasteiger partial charge is 0.359 e. The largest absolute Gasteiger partial charge is 0.461 e. The van der Waals surface area contributed by atoms with E-state index in [1.165, 1.54) is 42.0 Å². The summed E-state index contributed by atoms with van der Waals surface area (Å²) in [4.78, 5) is 38.0. The molecule has 0 unspecified atom stereocenters. The molecule has 0 saturated heterocycles. The molecule has 0 aliphatic rings. The van der Waals surface area contributed by atoms with E-state index in [-0.39, 0.29) is 39.5 Å². The van der Waals surface area contributed by atoms with E-state index in [1.54, 1.807) is 13.0 Å². The van der Waals surface area contributed by atoms with Crippen molar-refractivity contribution in [1.82, 2.24) is 9.78 Å². The van der Waals surface area contributed by atoms with E-state index in [9.17, 15) is 18.8 Å². The second-order valence-electron chi connectivity index (χ2n) is 6.02. The molecule has 4 aromatic rings. The number of nitrogens with zero attached hydrogens (tertiary/aromatic N) is 2. The maximum absolute atomic E-state index is 14.4. The zero-order valence-electron chi connectivity index (χ0n) is 15.5. The first-order valence-electron chi connectivity index (χ1n) is 8.82. The van der Waals surface area contributed by atoms with Crippen LogP contribution in [-0.2, 0) is 4.74 Å². The molecule has 1 amide bonds. The molecule has 0 aliphatic heterocycles. The SMILES string of the molecule is CCOC(=O)c1nn(-c2ccccc2F)c(=O)c2c(NC(=O)c3ccco3)scc12. The number of aromatic nitrogens is 2. The van der Waals surface area contributed by atoms with Crippen LogP contribution in [0.5, 0.6) is 0 Å². The molecule has 0 bridgehead atoms. The molecule has 8 nitrogen and oxygen atoms in total. The molecule has 3 aromatic heterocycles. The predicted molar refractivity (Wildman–Crippen MR) is 108 cm³/mol. The molecule has 0 atom stereocenters. The maximum Gasteiger partial charge on any atom is 0.359 e. The van der Waals surface area contributed by atoms with Crippen molar-refractivity contribution in [3.05, 3.63) is 75.7 Å². The molecular weight excluding hydrogens is 413 g/mol. The van der Waals surface area contributed by atoms with Crippen molar-refractivity contribution in [3.8, 4) is 5.69 Å². The summed E-state index contributed by atoms with van der Waals surface area (Å²) in [6.07, 6.45) is 1.34. The number of benzene rings is 1. The number of carbonyl (C=O) groups is 2.